The standard InChI is InChI=1S/C22H27N5O2S/c1-3-23-22(24-15-13-18-7-11-21(12-8-18)30(2,28)29)25-17-19-5-9-20(10-6-19)27-16-4-14-26-27/h4-12,14,16H,3,13,15,17H2,1-2H3,(H2,23,24,25). The van der Waals surface area contributed by atoms with Crippen molar-refractivity contribution in [2.45, 2.75) is 24.8 Å². The van der Waals surface area contributed by atoms with Gasteiger partial charge in [0.2, 0.25) is 0 Å². The van der Waals surface area contributed by atoms with E-state index in [4.69, 9.17) is 0 Å². The van der Waals surface area contributed by atoms with E-state index in [1.54, 1.807) is 18.3 Å². The number of hydrogen-bond acceptors (Lipinski definition) is 4. The molecule has 7 nitrogen and oxygen atoms in total. The van der Waals surface area contributed by atoms with Crippen LogP contribution in [0.4, 0.5) is 0 Å². The minimum atomic E-state index is -3.16. The lowest BCUT2D eigenvalue weighted by Crippen LogP contribution is -2.38. The number of aromatic nitrogens is 2. The van der Waals surface area contributed by atoms with Crippen molar-refractivity contribution in [3.05, 3.63) is 78.1 Å². The Bertz CT molecular complexity index is 1060. The average Bonchev–Trinajstić information content (AvgIpc) is 3.27. The lowest BCUT2D eigenvalue weighted by Gasteiger charge is -2.11. The van der Waals surface area contributed by atoms with Gasteiger partial charge in [-0.15, -0.1) is 0 Å². The van der Waals surface area contributed by atoms with Crippen molar-refractivity contribution in [2.24, 2.45) is 4.99 Å². The molecule has 0 amide bonds. The number of nitrogens with zero attached hydrogens (tertiary/aromatic N) is 3. The highest BCUT2D eigenvalue weighted by molar-refractivity contribution is 7.90. The topological polar surface area (TPSA) is 88.4 Å². The second-order valence-electron chi connectivity index (χ2n) is 6.91. The molecule has 8 heteroatoms. The first-order valence-electron chi connectivity index (χ1n) is 9.86. The molecule has 0 aliphatic heterocycles. The quantitative estimate of drug-likeness (QED) is 0.428. The van der Waals surface area contributed by atoms with Crippen molar-refractivity contribution < 1.29 is 8.42 Å². The molecule has 1 aromatic heterocycles. The largest absolute Gasteiger partial charge is 0.357 e. The summed E-state index contributed by atoms with van der Waals surface area (Å²) in [4.78, 5) is 4.99. The van der Waals surface area contributed by atoms with Crippen LogP contribution in [0, 0.1) is 0 Å². The van der Waals surface area contributed by atoms with Crippen molar-refractivity contribution in [1.29, 1.82) is 0 Å². The van der Waals surface area contributed by atoms with Gasteiger partial charge < -0.3 is 10.6 Å². The average molecular weight is 426 g/mol. The molecule has 2 aromatic carbocycles. The van der Waals surface area contributed by atoms with Crippen LogP contribution in [0.15, 0.2) is 76.9 Å². The van der Waals surface area contributed by atoms with Crippen LogP contribution in [-0.4, -0.2) is 43.5 Å². The molecule has 0 spiro atoms. The Hall–Kier alpha value is -3.13. The van der Waals surface area contributed by atoms with Gasteiger partial charge in [-0.2, -0.15) is 5.10 Å². The second kappa shape index (κ2) is 10.1. The summed E-state index contributed by atoms with van der Waals surface area (Å²) in [5, 5.41) is 10.8. The Morgan fingerprint density at radius 2 is 1.73 bits per heavy atom. The molecular formula is C22H27N5O2S. The second-order valence-corrected chi connectivity index (χ2v) is 8.92. The zero-order valence-electron chi connectivity index (χ0n) is 17.2. The van der Waals surface area contributed by atoms with Crippen LogP contribution in [0.5, 0.6) is 0 Å². The fraction of sp³-hybridized carbons (Fsp3) is 0.273. The van der Waals surface area contributed by atoms with Gasteiger partial charge in [-0.05, 0) is 54.8 Å². The zero-order chi connectivity index (χ0) is 21.4. The minimum Gasteiger partial charge on any atom is -0.357 e. The van der Waals surface area contributed by atoms with Gasteiger partial charge in [0.05, 0.1) is 17.1 Å². The molecule has 3 aromatic rings. The fourth-order valence-electron chi connectivity index (χ4n) is 2.92. The molecule has 0 fully saturated rings. The number of guanidine groups is 1. The first kappa shape index (κ1) is 21.6. The summed E-state index contributed by atoms with van der Waals surface area (Å²) in [6.07, 6.45) is 5.66. The van der Waals surface area contributed by atoms with Gasteiger partial charge in [0.25, 0.3) is 0 Å². The molecular weight excluding hydrogens is 398 g/mol. The molecule has 1 heterocycles. The molecule has 0 unspecified atom stereocenters. The fourth-order valence-corrected chi connectivity index (χ4v) is 3.55. The predicted octanol–water partition coefficient (Wildman–Crippen LogP) is 2.57. The van der Waals surface area contributed by atoms with Gasteiger partial charge in [0.15, 0.2) is 15.8 Å². The van der Waals surface area contributed by atoms with Crippen LogP contribution in [0.2, 0.25) is 0 Å². The van der Waals surface area contributed by atoms with Crippen molar-refractivity contribution in [3.8, 4) is 5.69 Å². The molecule has 0 aliphatic carbocycles. The van der Waals surface area contributed by atoms with E-state index in [-0.39, 0.29) is 0 Å². The zero-order valence-corrected chi connectivity index (χ0v) is 18.1. The monoisotopic (exact) mass is 425 g/mol. The number of hydrogen-bond donors (Lipinski definition) is 2. The van der Waals surface area contributed by atoms with Gasteiger partial charge in [0, 0.05) is 31.7 Å². The predicted molar refractivity (Wildman–Crippen MR) is 120 cm³/mol. The summed E-state index contributed by atoms with van der Waals surface area (Å²) in [5.41, 5.74) is 3.19. The highest BCUT2D eigenvalue weighted by atomic mass is 32.2. The molecule has 30 heavy (non-hydrogen) atoms. The molecule has 0 saturated heterocycles. The molecule has 2 N–H and O–H groups in total. The maximum absolute atomic E-state index is 11.5. The Labute approximate surface area is 177 Å². The summed E-state index contributed by atoms with van der Waals surface area (Å²) in [6, 6.07) is 17.0. The van der Waals surface area contributed by atoms with Crippen LogP contribution in [0.3, 0.4) is 0 Å². The van der Waals surface area contributed by atoms with Gasteiger partial charge in [-0.25, -0.2) is 18.1 Å². The van der Waals surface area contributed by atoms with E-state index in [0.29, 0.717) is 18.0 Å². The summed E-state index contributed by atoms with van der Waals surface area (Å²) in [7, 11) is -3.16. The summed E-state index contributed by atoms with van der Waals surface area (Å²) in [5.74, 6) is 0.751. The maximum atomic E-state index is 11.5. The Morgan fingerprint density at radius 3 is 2.33 bits per heavy atom. The molecule has 3 rings (SSSR count). The van der Waals surface area contributed by atoms with Gasteiger partial charge >= 0.3 is 0 Å². The highest BCUT2D eigenvalue weighted by Gasteiger charge is 2.06. The molecule has 0 bridgehead atoms. The van der Waals surface area contributed by atoms with Gasteiger partial charge in [-0.3, -0.25) is 0 Å². The van der Waals surface area contributed by atoms with E-state index in [2.05, 4.69) is 20.7 Å². The lowest BCUT2D eigenvalue weighted by atomic mass is 10.1. The first-order valence-corrected chi connectivity index (χ1v) is 11.7. The summed E-state index contributed by atoms with van der Waals surface area (Å²) < 4.78 is 24.9. The van der Waals surface area contributed by atoms with Crippen molar-refractivity contribution in [2.75, 3.05) is 19.3 Å². The van der Waals surface area contributed by atoms with Crippen LogP contribution in [0.1, 0.15) is 18.1 Å². The number of nitrogens with one attached hydrogen (secondary N) is 2. The third kappa shape index (κ3) is 6.18. The normalized spacial score (nSPS) is 12.0. The third-order valence-electron chi connectivity index (χ3n) is 4.53. The molecule has 0 aliphatic rings. The Morgan fingerprint density at radius 1 is 1.03 bits per heavy atom. The van der Waals surface area contributed by atoms with Crippen LogP contribution in [-0.2, 0) is 22.8 Å². The molecule has 0 atom stereocenters. The number of sulfone groups is 1. The third-order valence-corrected chi connectivity index (χ3v) is 5.66. The molecule has 0 saturated carbocycles. The van der Waals surface area contributed by atoms with Crippen molar-refractivity contribution in [3.63, 3.8) is 0 Å². The smallest absolute Gasteiger partial charge is 0.191 e. The first-order chi connectivity index (χ1) is 14.5. The number of rotatable bonds is 8. The van der Waals surface area contributed by atoms with Crippen LogP contribution < -0.4 is 10.6 Å². The van der Waals surface area contributed by atoms with E-state index >= 15 is 0 Å². The summed E-state index contributed by atoms with van der Waals surface area (Å²) >= 11 is 0. The van der Waals surface area contributed by atoms with E-state index in [0.717, 1.165) is 35.7 Å². The molecule has 158 valence electrons. The maximum Gasteiger partial charge on any atom is 0.191 e. The minimum absolute atomic E-state index is 0.340. The number of aliphatic imine (C=N–C) groups is 1. The Balaban J connectivity index is 1.54. The summed E-state index contributed by atoms with van der Waals surface area (Å²) in [6.45, 7) is 4.06. The van der Waals surface area contributed by atoms with Crippen LogP contribution >= 0.6 is 0 Å². The van der Waals surface area contributed by atoms with Gasteiger partial charge in [0.1, 0.15) is 0 Å². The van der Waals surface area contributed by atoms with Gasteiger partial charge in [-0.1, -0.05) is 24.3 Å². The highest BCUT2D eigenvalue weighted by Crippen LogP contribution is 2.11. The van der Waals surface area contributed by atoms with Crippen molar-refractivity contribution >= 4 is 15.8 Å². The number of benzene rings is 2. The molecule has 0 radical (unpaired) electrons. The van der Waals surface area contributed by atoms with Crippen molar-refractivity contribution in [1.82, 2.24) is 20.4 Å². The van der Waals surface area contributed by atoms with E-state index < -0.39 is 9.84 Å². The Kier molecular flexibility index (Phi) is 7.24. The SMILES string of the molecule is CCNC(=NCc1ccc(-n2cccn2)cc1)NCCc1ccc(S(C)(=O)=O)cc1. The van der Waals surface area contributed by atoms with E-state index in [1.165, 1.54) is 6.26 Å². The van der Waals surface area contributed by atoms with Crippen LogP contribution in [0.25, 0.3) is 5.69 Å². The lowest BCUT2D eigenvalue weighted by molar-refractivity contribution is 0.602. The van der Waals surface area contributed by atoms with E-state index in [1.807, 2.05) is 60.3 Å². The van der Waals surface area contributed by atoms with E-state index in [9.17, 15) is 8.42 Å².